The van der Waals surface area contributed by atoms with Gasteiger partial charge < -0.3 is 24.6 Å². The molecular formula is C44H53F2N4O10PS. The molecule has 2 aromatic carbocycles. The molecule has 2 unspecified atom stereocenters. The van der Waals surface area contributed by atoms with Crippen LogP contribution in [-0.2, 0) is 47.9 Å². The summed E-state index contributed by atoms with van der Waals surface area (Å²) in [6.07, 6.45) is 3.60. The topological polar surface area (TPSA) is 182 Å². The number of esters is 2. The maximum atomic E-state index is 16.3. The molecule has 0 saturated carbocycles. The minimum Gasteiger partial charge on any atom is -0.438 e. The van der Waals surface area contributed by atoms with Gasteiger partial charge >= 0.3 is 25.2 Å². The fourth-order valence-electron chi connectivity index (χ4n) is 7.93. The molecule has 3 aromatic rings. The number of nitrogens with zero attached hydrogens (tertiary/aromatic N) is 3. The van der Waals surface area contributed by atoms with Crippen molar-refractivity contribution in [2.45, 2.75) is 110 Å². The maximum Gasteiger partial charge on any atom is 0.410 e. The van der Waals surface area contributed by atoms with Gasteiger partial charge in [-0.1, -0.05) is 49.2 Å². The van der Waals surface area contributed by atoms with Crippen molar-refractivity contribution in [2.75, 3.05) is 26.7 Å². The van der Waals surface area contributed by atoms with E-state index in [0.29, 0.717) is 36.9 Å². The highest BCUT2D eigenvalue weighted by atomic mass is 32.1. The standard InChI is InChI=1S/C44H53F2N4O10PS/c1-42(2,3)40(54)57-25-59-61(56,60-26-58-41(55)43(4,5)6)44(45,46)30-16-19-35-28(20-30)21-36(62-35)37(51)48-33-15-11-10-14-31-17-18-34(50(31)38(33)52)39(53)49-23-29(22-47)32(24-49)27-12-8-7-9-13-27/h7-9,12-13,16,19-21,29,31-34H,10-11,14-15,17-18,23-26H2,1-6H3,(H,48,51)/t29-,31-,32?,33?,34-/m0/s1. The van der Waals surface area contributed by atoms with Gasteiger partial charge in [-0.15, -0.1) is 11.3 Å². The van der Waals surface area contributed by atoms with E-state index < -0.39 is 79.1 Å². The Morgan fingerprint density at radius 2 is 1.50 bits per heavy atom. The number of carbonyl (C=O) groups is 5. The molecule has 4 heterocycles. The number of nitrogens with one attached hydrogen (secondary N) is 1. The second kappa shape index (κ2) is 18.5. The first-order chi connectivity index (χ1) is 29.1. The lowest BCUT2D eigenvalue weighted by Gasteiger charge is -2.36. The molecule has 0 bridgehead atoms. The molecule has 14 nitrogen and oxygen atoms in total. The molecule has 3 saturated heterocycles. The van der Waals surface area contributed by atoms with Crippen molar-refractivity contribution in [3.63, 3.8) is 0 Å². The van der Waals surface area contributed by atoms with Crippen LogP contribution in [0.3, 0.4) is 0 Å². The Balaban J connectivity index is 1.18. The molecule has 1 aromatic heterocycles. The lowest BCUT2D eigenvalue weighted by Crippen LogP contribution is -2.56. The Morgan fingerprint density at radius 3 is 2.11 bits per heavy atom. The van der Waals surface area contributed by atoms with Gasteiger partial charge in [0.25, 0.3) is 5.91 Å². The zero-order valence-corrected chi connectivity index (χ0v) is 37.4. The molecule has 0 spiro atoms. The van der Waals surface area contributed by atoms with Gasteiger partial charge in [0.1, 0.15) is 12.1 Å². The van der Waals surface area contributed by atoms with Crippen molar-refractivity contribution in [1.29, 1.82) is 5.26 Å². The van der Waals surface area contributed by atoms with E-state index in [1.807, 2.05) is 30.3 Å². The van der Waals surface area contributed by atoms with E-state index in [2.05, 4.69) is 11.4 Å². The molecule has 3 aliphatic rings. The first-order valence-corrected chi connectivity index (χ1v) is 23.0. The number of thiophene rings is 1. The highest BCUT2D eigenvalue weighted by Gasteiger charge is 2.56. The molecule has 5 atom stereocenters. The van der Waals surface area contributed by atoms with Crippen molar-refractivity contribution >= 4 is 58.7 Å². The number of ether oxygens (including phenoxy) is 2. The van der Waals surface area contributed by atoms with Gasteiger partial charge in [0, 0.05) is 35.3 Å². The zero-order chi connectivity index (χ0) is 45.2. The number of alkyl halides is 2. The van der Waals surface area contributed by atoms with Gasteiger partial charge in [-0.05, 0) is 96.4 Å². The SMILES string of the molecule is CC(C)(C)C(=O)OCOP(=O)(OCOC(=O)C(C)(C)C)C(F)(F)c1ccc2sc(C(=O)NC3CCCC[C@H]4CC[C@@H](C(=O)N5CC(c6ccccc6)[C@@H](C#N)C5)N4C3=O)cc2c1. The highest BCUT2D eigenvalue weighted by molar-refractivity contribution is 7.54. The van der Waals surface area contributed by atoms with Gasteiger partial charge in [-0.25, -0.2) is 0 Å². The van der Waals surface area contributed by atoms with Gasteiger partial charge in [-0.3, -0.25) is 37.6 Å². The van der Waals surface area contributed by atoms with Gasteiger partial charge in [0.15, 0.2) is 0 Å². The molecule has 3 amide bonds. The number of benzene rings is 2. The molecule has 3 aliphatic heterocycles. The second-order valence-electron chi connectivity index (χ2n) is 18.1. The van der Waals surface area contributed by atoms with Crippen molar-refractivity contribution in [1.82, 2.24) is 15.1 Å². The quantitative estimate of drug-likeness (QED) is 0.105. The van der Waals surface area contributed by atoms with Crippen LogP contribution >= 0.6 is 18.9 Å². The Bertz CT molecular complexity index is 2230. The Hall–Kier alpha value is -4.75. The average Bonchev–Trinajstić information content (AvgIpc) is 3.97. The number of hydrogen-bond acceptors (Lipinski definition) is 12. The van der Waals surface area contributed by atoms with Gasteiger partial charge in [-0.2, -0.15) is 14.0 Å². The van der Waals surface area contributed by atoms with Crippen LogP contribution in [0.4, 0.5) is 8.78 Å². The largest absolute Gasteiger partial charge is 0.438 e. The van der Waals surface area contributed by atoms with E-state index >= 15 is 8.78 Å². The van der Waals surface area contributed by atoms with Gasteiger partial charge in [0.2, 0.25) is 25.4 Å². The molecule has 62 heavy (non-hydrogen) atoms. The van der Waals surface area contributed by atoms with E-state index in [0.717, 1.165) is 41.9 Å². The van der Waals surface area contributed by atoms with E-state index in [-0.39, 0.29) is 40.6 Å². The second-order valence-corrected chi connectivity index (χ2v) is 21.2. The van der Waals surface area contributed by atoms with Crippen LogP contribution in [-0.4, -0.2) is 84.3 Å². The highest BCUT2D eigenvalue weighted by Crippen LogP contribution is 2.67. The third-order valence-corrected chi connectivity index (χ3v) is 14.4. The van der Waals surface area contributed by atoms with Crippen LogP contribution < -0.4 is 5.32 Å². The van der Waals surface area contributed by atoms with Crippen molar-refractivity contribution in [3.05, 3.63) is 70.6 Å². The molecule has 0 radical (unpaired) electrons. The Kier molecular flexibility index (Phi) is 14.0. The molecule has 18 heteroatoms. The number of hydrogen-bond donors (Lipinski definition) is 1. The van der Waals surface area contributed by atoms with Crippen LogP contribution in [0.1, 0.15) is 107 Å². The van der Waals surface area contributed by atoms with E-state index in [9.17, 15) is 33.8 Å². The van der Waals surface area contributed by atoms with Gasteiger partial charge in [0.05, 0.1) is 27.7 Å². The predicted octanol–water partition coefficient (Wildman–Crippen LogP) is 8.07. The lowest BCUT2D eigenvalue weighted by molar-refractivity contribution is -0.163. The zero-order valence-electron chi connectivity index (χ0n) is 35.7. The molecule has 6 rings (SSSR count). The first-order valence-electron chi connectivity index (χ1n) is 20.7. The first kappa shape index (κ1) is 46.7. The summed E-state index contributed by atoms with van der Waals surface area (Å²) in [4.78, 5) is 70.3. The summed E-state index contributed by atoms with van der Waals surface area (Å²) in [7, 11) is -5.59. The molecule has 3 fully saturated rings. The summed E-state index contributed by atoms with van der Waals surface area (Å²) in [5.74, 6) is -3.37. The summed E-state index contributed by atoms with van der Waals surface area (Å²) in [5.41, 5.74) is -6.27. The normalized spacial score (nSPS) is 22.4. The molecular weight excluding hydrogens is 846 g/mol. The number of rotatable bonds is 12. The third kappa shape index (κ3) is 10.0. The summed E-state index contributed by atoms with van der Waals surface area (Å²) in [5, 5.41) is 13.0. The number of carbonyl (C=O) groups excluding carboxylic acids is 5. The monoisotopic (exact) mass is 898 g/mol. The van der Waals surface area contributed by atoms with Crippen LogP contribution in [0.2, 0.25) is 0 Å². The third-order valence-electron chi connectivity index (χ3n) is 11.4. The van der Waals surface area contributed by atoms with Crippen LogP contribution in [0.5, 0.6) is 0 Å². The predicted molar refractivity (Wildman–Crippen MR) is 225 cm³/mol. The van der Waals surface area contributed by atoms with Crippen LogP contribution in [0.25, 0.3) is 10.1 Å². The van der Waals surface area contributed by atoms with E-state index in [1.54, 1.807) is 9.80 Å². The molecule has 1 N–H and O–H groups in total. The summed E-state index contributed by atoms with van der Waals surface area (Å²) in [6.45, 7) is 7.47. The average molecular weight is 899 g/mol. The number of halogens is 2. The number of likely N-dealkylation sites (tertiary alicyclic amines) is 1. The Labute approximate surface area is 363 Å². The summed E-state index contributed by atoms with van der Waals surface area (Å²) >= 11 is 0.997. The lowest BCUT2D eigenvalue weighted by atomic mass is 9.90. The number of fused-ring (bicyclic) bond motifs is 2. The van der Waals surface area contributed by atoms with E-state index in [1.165, 1.54) is 53.7 Å². The fraction of sp³-hybridized carbons (Fsp3) is 0.545. The maximum absolute atomic E-state index is 16.3. The smallest absolute Gasteiger partial charge is 0.410 e. The fourth-order valence-corrected chi connectivity index (χ4v) is 10.1. The summed E-state index contributed by atoms with van der Waals surface area (Å²) in [6, 6.07) is 14.8. The molecule has 334 valence electrons. The molecule has 0 aliphatic carbocycles. The number of nitriles is 1. The van der Waals surface area contributed by atoms with Crippen LogP contribution in [0, 0.1) is 28.1 Å². The van der Waals surface area contributed by atoms with Crippen molar-refractivity contribution < 1.29 is 55.8 Å². The summed E-state index contributed by atoms with van der Waals surface area (Å²) < 4.78 is 66.7. The minimum absolute atomic E-state index is 0.117. The minimum atomic E-state index is -5.59. The van der Waals surface area contributed by atoms with Crippen molar-refractivity contribution in [3.8, 4) is 6.07 Å². The van der Waals surface area contributed by atoms with E-state index in [4.69, 9.17) is 18.5 Å². The number of amides is 3. The Morgan fingerprint density at radius 1 is 0.871 bits per heavy atom. The van der Waals surface area contributed by atoms with Crippen molar-refractivity contribution in [2.24, 2.45) is 16.7 Å². The van der Waals surface area contributed by atoms with Crippen LogP contribution in [0.15, 0.2) is 54.6 Å².